The predicted molar refractivity (Wildman–Crippen MR) is 105 cm³/mol. The number of aliphatic hydroxyl groups is 1. The number of aliphatic hydroxyl groups excluding tert-OH is 1. The summed E-state index contributed by atoms with van der Waals surface area (Å²) in [5.74, 6) is -0.574. The SMILES string of the molecule is O=C(c1ccc(C(F)(F)F)cc1)N1CCC(=O)N([C@H](CO)Cc2ccccc2)CC1. The number of halogens is 3. The molecule has 30 heavy (non-hydrogen) atoms. The number of carbonyl (C=O) groups excluding carboxylic acids is 2. The van der Waals surface area contributed by atoms with E-state index in [0.717, 1.165) is 29.8 Å². The smallest absolute Gasteiger partial charge is 0.394 e. The molecule has 0 aromatic heterocycles. The van der Waals surface area contributed by atoms with Crippen molar-refractivity contribution >= 4 is 11.8 Å². The molecule has 0 aliphatic carbocycles. The molecule has 1 aliphatic heterocycles. The molecule has 2 amide bonds. The molecule has 0 unspecified atom stereocenters. The molecular formula is C22H23F3N2O3. The summed E-state index contributed by atoms with van der Waals surface area (Å²) in [5, 5.41) is 9.83. The number of amides is 2. The van der Waals surface area contributed by atoms with Crippen LogP contribution in [-0.2, 0) is 17.4 Å². The van der Waals surface area contributed by atoms with Gasteiger partial charge in [0.15, 0.2) is 0 Å². The molecule has 1 N–H and O–H groups in total. The topological polar surface area (TPSA) is 60.9 Å². The van der Waals surface area contributed by atoms with Crippen LogP contribution in [0.2, 0.25) is 0 Å². The first-order valence-electron chi connectivity index (χ1n) is 9.70. The zero-order chi connectivity index (χ0) is 21.7. The van der Waals surface area contributed by atoms with Crippen LogP contribution in [0.4, 0.5) is 13.2 Å². The molecule has 1 atom stereocenters. The highest BCUT2D eigenvalue weighted by molar-refractivity contribution is 5.94. The van der Waals surface area contributed by atoms with Crippen molar-refractivity contribution < 1.29 is 27.9 Å². The van der Waals surface area contributed by atoms with E-state index in [1.165, 1.54) is 4.90 Å². The highest BCUT2D eigenvalue weighted by Gasteiger charge is 2.31. The van der Waals surface area contributed by atoms with Crippen LogP contribution in [0.5, 0.6) is 0 Å². The van der Waals surface area contributed by atoms with E-state index in [1.54, 1.807) is 4.90 Å². The number of carbonyl (C=O) groups is 2. The van der Waals surface area contributed by atoms with Gasteiger partial charge in [0.05, 0.1) is 18.2 Å². The lowest BCUT2D eigenvalue weighted by Gasteiger charge is -2.30. The molecule has 1 aliphatic rings. The van der Waals surface area contributed by atoms with Crippen molar-refractivity contribution in [3.8, 4) is 0 Å². The molecule has 1 fully saturated rings. The van der Waals surface area contributed by atoms with Crippen LogP contribution in [-0.4, -0.2) is 59.0 Å². The van der Waals surface area contributed by atoms with Gasteiger partial charge in [-0.25, -0.2) is 0 Å². The molecule has 1 saturated heterocycles. The maximum atomic E-state index is 12.7. The minimum atomic E-state index is -4.46. The van der Waals surface area contributed by atoms with Crippen LogP contribution < -0.4 is 0 Å². The van der Waals surface area contributed by atoms with Crippen molar-refractivity contribution in [2.75, 3.05) is 26.2 Å². The van der Waals surface area contributed by atoms with Gasteiger partial charge in [-0.2, -0.15) is 13.2 Å². The maximum absolute atomic E-state index is 12.7. The van der Waals surface area contributed by atoms with Crippen molar-refractivity contribution in [1.29, 1.82) is 0 Å². The lowest BCUT2D eigenvalue weighted by atomic mass is 10.0. The lowest BCUT2D eigenvalue weighted by molar-refractivity contribution is -0.137. The fourth-order valence-corrected chi connectivity index (χ4v) is 3.57. The number of rotatable bonds is 5. The Morgan fingerprint density at radius 2 is 1.67 bits per heavy atom. The van der Waals surface area contributed by atoms with Crippen LogP contribution in [0.1, 0.15) is 27.9 Å². The van der Waals surface area contributed by atoms with Crippen molar-refractivity contribution in [2.45, 2.75) is 25.1 Å². The highest BCUT2D eigenvalue weighted by atomic mass is 19.4. The minimum Gasteiger partial charge on any atom is -0.394 e. The van der Waals surface area contributed by atoms with E-state index in [-0.39, 0.29) is 44.1 Å². The fourth-order valence-electron chi connectivity index (χ4n) is 3.57. The lowest BCUT2D eigenvalue weighted by Crippen LogP contribution is -2.45. The maximum Gasteiger partial charge on any atom is 0.416 e. The molecule has 8 heteroatoms. The van der Waals surface area contributed by atoms with E-state index in [1.807, 2.05) is 30.3 Å². The highest BCUT2D eigenvalue weighted by Crippen LogP contribution is 2.29. The van der Waals surface area contributed by atoms with E-state index >= 15 is 0 Å². The number of benzene rings is 2. The fraction of sp³-hybridized carbons (Fsp3) is 0.364. The molecular weight excluding hydrogens is 397 g/mol. The third-order valence-corrected chi connectivity index (χ3v) is 5.24. The molecule has 3 rings (SSSR count). The van der Waals surface area contributed by atoms with Gasteiger partial charge in [-0.3, -0.25) is 9.59 Å². The molecule has 0 bridgehead atoms. The summed E-state index contributed by atoms with van der Waals surface area (Å²) in [6.45, 7) is 0.478. The van der Waals surface area contributed by atoms with Crippen molar-refractivity contribution in [2.24, 2.45) is 0 Å². The Labute approximate surface area is 172 Å². The Hall–Kier alpha value is -2.87. The largest absolute Gasteiger partial charge is 0.416 e. The molecule has 0 radical (unpaired) electrons. The summed E-state index contributed by atoms with van der Waals surface area (Å²) < 4.78 is 38.2. The molecule has 160 valence electrons. The van der Waals surface area contributed by atoms with E-state index in [9.17, 15) is 27.9 Å². The average molecular weight is 420 g/mol. The number of hydrogen-bond acceptors (Lipinski definition) is 3. The number of hydrogen-bond donors (Lipinski definition) is 1. The van der Waals surface area contributed by atoms with Gasteiger partial charge in [-0.15, -0.1) is 0 Å². The summed E-state index contributed by atoms with van der Waals surface area (Å²) >= 11 is 0. The average Bonchev–Trinajstić information content (AvgIpc) is 2.93. The summed E-state index contributed by atoms with van der Waals surface area (Å²) in [5.41, 5.74) is 0.321. The first kappa shape index (κ1) is 21.8. The summed E-state index contributed by atoms with van der Waals surface area (Å²) in [6.07, 6.45) is -3.87. The van der Waals surface area contributed by atoms with Gasteiger partial charge in [0, 0.05) is 31.6 Å². The Bertz CT molecular complexity index is 869. The van der Waals surface area contributed by atoms with Crippen molar-refractivity contribution in [3.05, 3.63) is 71.3 Å². The normalized spacial score (nSPS) is 16.3. The quantitative estimate of drug-likeness (QED) is 0.809. The standard InChI is InChI=1S/C22H23F3N2O3/c23-22(24,25)18-8-6-17(7-9-18)21(30)26-11-10-20(29)27(13-12-26)19(15-28)14-16-4-2-1-3-5-16/h1-9,19,28H,10-15H2/t19-/m0/s1. The Balaban J connectivity index is 1.68. The zero-order valence-electron chi connectivity index (χ0n) is 16.3. The minimum absolute atomic E-state index is 0.0949. The monoisotopic (exact) mass is 420 g/mol. The molecule has 2 aromatic rings. The van der Waals surface area contributed by atoms with Gasteiger partial charge < -0.3 is 14.9 Å². The van der Waals surface area contributed by atoms with Gasteiger partial charge in [0.1, 0.15) is 0 Å². The van der Waals surface area contributed by atoms with Gasteiger partial charge in [-0.05, 0) is 36.2 Å². The molecule has 0 spiro atoms. The zero-order valence-corrected chi connectivity index (χ0v) is 16.3. The van der Waals surface area contributed by atoms with E-state index in [4.69, 9.17) is 0 Å². The summed E-state index contributed by atoms with van der Waals surface area (Å²) in [6, 6.07) is 13.2. The van der Waals surface area contributed by atoms with Gasteiger partial charge >= 0.3 is 6.18 Å². The van der Waals surface area contributed by atoms with Crippen LogP contribution >= 0.6 is 0 Å². The Morgan fingerprint density at radius 1 is 1.00 bits per heavy atom. The van der Waals surface area contributed by atoms with Crippen molar-refractivity contribution in [1.82, 2.24) is 9.80 Å². The van der Waals surface area contributed by atoms with Crippen LogP contribution in [0.15, 0.2) is 54.6 Å². The number of alkyl halides is 3. The molecule has 0 saturated carbocycles. The van der Waals surface area contributed by atoms with Crippen LogP contribution in [0, 0.1) is 0 Å². The summed E-state index contributed by atoms with van der Waals surface area (Å²) in [7, 11) is 0. The second-order valence-electron chi connectivity index (χ2n) is 7.23. The number of nitrogens with zero attached hydrogens (tertiary/aromatic N) is 2. The molecule has 5 nitrogen and oxygen atoms in total. The van der Waals surface area contributed by atoms with E-state index in [0.29, 0.717) is 6.42 Å². The van der Waals surface area contributed by atoms with Gasteiger partial charge in [0.2, 0.25) is 5.91 Å². The second kappa shape index (κ2) is 9.30. The van der Waals surface area contributed by atoms with Crippen molar-refractivity contribution in [3.63, 3.8) is 0 Å². The third-order valence-electron chi connectivity index (χ3n) is 5.24. The second-order valence-corrected chi connectivity index (χ2v) is 7.23. The van der Waals surface area contributed by atoms with Gasteiger partial charge in [-0.1, -0.05) is 30.3 Å². The summed E-state index contributed by atoms with van der Waals surface area (Å²) in [4.78, 5) is 28.4. The van der Waals surface area contributed by atoms with E-state index in [2.05, 4.69) is 0 Å². The first-order valence-corrected chi connectivity index (χ1v) is 9.70. The third kappa shape index (κ3) is 5.18. The van der Waals surface area contributed by atoms with Gasteiger partial charge in [0.25, 0.3) is 5.91 Å². The van der Waals surface area contributed by atoms with E-state index < -0.39 is 23.7 Å². The van der Waals surface area contributed by atoms with Crippen LogP contribution in [0.3, 0.4) is 0 Å². The predicted octanol–water partition coefficient (Wildman–Crippen LogP) is 2.98. The van der Waals surface area contributed by atoms with Crippen LogP contribution in [0.25, 0.3) is 0 Å². The Morgan fingerprint density at radius 3 is 2.27 bits per heavy atom. The molecule has 2 aromatic carbocycles. The molecule has 1 heterocycles. The first-order chi connectivity index (χ1) is 14.3. The Kier molecular flexibility index (Phi) is 6.77.